The van der Waals surface area contributed by atoms with Crippen LogP contribution in [0.1, 0.15) is 11.1 Å². The van der Waals surface area contributed by atoms with Crippen LogP contribution in [-0.4, -0.2) is 27.0 Å². The van der Waals surface area contributed by atoms with E-state index in [0.29, 0.717) is 17.4 Å². The lowest BCUT2D eigenvalue weighted by Crippen LogP contribution is -2.13. The van der Waals surface area contributed by atoms with Crippen LogP contribution in [-0.2, 0) is 24.1 Å². The molecule has 1 aliphatic rings. The van der Waals surface area contributed by atoms with Crippen LogP contribution in [0.4, 0.5) is 0 Å². The molecule has 0 radical (unpaired) electrons. The molecule has 0 spiro atoms. The molecule has 3 rings (SSSR count). The topological polar surface area (TPSA) is 62.1 Å². The molecule has 0 amide bonds. The Hall–Kier alpha value is -1.31. The van der Waals surface area contributed by atoms with Crippen LogP contribution in [0.5, 0.6) is 5.75 Å². The number of hydrogen-bond acceptors (Lipinski definition) is 6. The zero-order valence-corrected chi connectivity index (χ0v) is 11.7. The van der Waals surface area contributed by atoms with Crippen molar-refractivity contribution in [2.45, 2.75) is 17.5 Å². The molecule has 1 aliphatic heterocycles. The Labute approximate surface area is 119 Å². The Morgan fingerprint density at radius 3 is 3.16 bits per heavy atom. The van der Waals surface area contributed by atoms with E-state index in [9.17, 15) is 0 Å². The summed E-state index contributed by atoms with van der Waals surface area (Å²) in [4.78, 5) is 0. The van der Waals surface area contributed by atoms with Crippen LogP contribution in [0.15, 0.2) is 17.3 Å². The lowest BCUT2D eigenvalue weighted by molar-refractivity contribution is -0.0168. The van der Waals surface area contributed by atoms with E-state index in [1.54, 1.807) is 11.7 Å². The van der Waals surface area contributed by atoms with Gasteiger partial charge in [0.2, 0.25) is 5.16 Å². The van der Waals surface area contributed by atoms with E-state index in [1.165, 1.54) is 11.8 Å². The molecule has 0 saturated carbocycles. The minimum absolute atomic E-state index is 0.276. The van der Waals surface area contributed by atoms with Gasteiger partial charge in [-0.25, -0.2) is 4.68 Å². The first-order valence-electron chi connectivity index (χ1n) is 5.61. The lowest BCUT2D eigenvalue weighted by atomic mass is 10.1. The van der Waals surface area contributed by atoms with Gasteiger partial charge in [-0.3, -0.25) is 0 Å². The number of benzene rings is 1. The van der Waals surface area contributed by atoms with Gasteiger partial charge in [-0.1, -0.05) is 23.4 Å². The van der Waals surface area contributed by atoms with Gasteiger partial charge in [-0.2, -0.15) is 0 Å². The van der Waals surface area contributed by atoms with Crippen molar-refractivity contribution >= 4 is 23.4 Å². The summed E-state index contributed by atoms with van der Waals surface area (Å²) in [6.07, 6.45) is 0. The van der Waals surface area contributed by atoms with E-state index in [0.717, 1.165) is 22.0 Å². The number of hydrogen-bond donors (Lipinski definition) is 0. The van der Waals surface area contributed by atoms with Gasteiger partial charge in [0.05, 0.1) is 6.61 Å². The second-order valence-electron chi connectivity index (χ2n) is 4.04. The van der Waals surface area contributed by atoms with Crippen LogP contribution in [0.3, 0.4) is 0 Å². The number of rotatable bonds is 3. The number of aromatic nitrogens is 4. The summed E-state index contributed by atoms with van der Waals surface area (Å²) >= 11 is 7.64. The third-order valence-electron chi connectivity index (χ3n) is 2.69. The Balaban J connectivity index is 1.84. The van der Waals surface area contributed by atoms with Crippen molar-refractivity contribution in [1.82, 2.24) is 20.2 Å². The summed E-state index contributed by atoms with van der Waals surface area (Å²) in [5.74, 6) is 1.55. The largest absolute Gasteiger partial charge is 0.467 e. The van der Waals surface area contributed by atoms with Gasteiger partial charge in [-0.05, 0) is 22.6 Å². The first kappa shape index (κ1) is 12.7. The highest BCUT2D eigenvalue weighted by Gasteiger charge is 2.17. The molecule has 19 heavy (non-hydrogen) atoms. The van der Waals surface area contributed by atoms with E-state index in [1.807, 2.05) is 12.1 Å². The molecule has 0 saturated heterocycles. The molecule has 1 aromatic heterocycles. The standard InChI is InChI=1S/C11H11ClN4O2S/c1-16-11(13-14-15-16)19-5-8-3-9(12)2-7-4-17-6-18-10(7)8/h2-3H,4-6H2,1H3. The molecule has 0 N–H and O–H groups in total. The van der Waals surface area contributed by atoms with Crippen LogP contribution >= 0.6 is 23.4 Å². The van der Waals surface area contributed by atoms with Gasteiger partial charge in [0.1, 0.15) is 5.75 Å². The van der Waals surface area contributed by atoms with Gasteiger partial charge in [-0.15, -0.1) is 5.10 Å². The summed E-state index contributed by atoms with van der Waals surface area (Å²) in [7, 11) is 1.81. The Bertz CT molecular complexity index is 604. The van der Waals surface area contributed by atoms with Crippen molar-refractivity contribution in [1.29, 1.82) is 0 Å². The molecule has 2 heterocycles. The molecule has 0 atom stereocenters. The number of thioether (sulfide) groups is 1. The molecule has 6 nitrogen and oxygen atoms in total. The van der Waals surface area contributed by atoms with Crippen molar-refractivity contribution in [3.05, 3.63) is 28.3 Å². The predicted octanol–water partition coefficient (Wildman–Crippen LogP) is 2.02. The second-order valence-corrected chi connectivity index (χ2v) is 5.42. The molecule has 0 unspecified atom stereocenters. The lowest BCUT2D eigenvalue weighted by Gasteiger charge is -2.20. The SMILES string of the molecule is Cn1nnnc1SCc1cc(Cl)cc2c1OCOC2. The van der Waals surface area contributed by atoms with Gasteiger partial charge < -0.3 is 9.47 Å². The summed E-state index contributed by atoms with van der Waals surface area (Å²) in [5, 5.41) is 12.8. The number of aryl methyl sites for hydroxylation is 1. The number of ether oxygens (including phenoxy) is 2. The molecular weight excluding hydrogens is 288 g/mol. The van der Waals surface area contributed by atoms with Crippen molar-refractivity contribution in [2.75, 3.05) is 6.79 Å². The van der Waals surface area contributed by atoms with Crippen LogP contribution in [0, 0.1) is 0 Å². The zero-order chi connectivity index (χ0) is 13.2. The van der Waals surface area contributed by atoms with E-state index >= 15 is 0 Å². The molecular formula is C11H11ClN4O2S. The van der Waals surface area contributed by atoms with Crippen molar-refractivity contribution in [2.24, 2.45) is 7.05 Å². The highest BCUT2D eigenvalue weighted by Crippen LogP contribution is 2.34. The predicted molar refractivity (Wildman–Crippen MR) is 70.1 cm³/mol. The monoisotopic (exact) mass is 298 g/mol. The summed E-state index contributed by atoms with van der Waals surface area (Å²) < 4.78 is 12.4. The first-order chi connectivity index (χ1) is 9.24. The van der Waals surface area contributed by atoms with Crippen molar-refractivity contribution in [3.8, 4) is 5.75 Å². The van der Waals surface area contributed by atoms with E-state index in [4.69, 9.17) is 21.1 Å². The Kier molecular flexibility index (Phi) is 3.58. The number of fused-ring (bicyclic) bond motifs is 1. The van der Waals surface area contributed by atoms with Crippen LogP contribution < -0.4 is 4.74 Å². The van der Waals surface area contributed by atoms with Gasteiger partial charge in [0.15, 0.2) is 6.79 Å². The maximum Gasteiger partial charge on any atom is 0.209 e. The van der Waals surface area contributed by atoms with Gasteiger partial charge in [0, 0.05) is 29.0 Å². The number of tetrazole rings is 1. The van der Waals surface area contributed by atoms with E-state index < -0.39 is 0 Å². The minimum atomic E-state index is 0.276. The molecule has 100 valence electrons. The quantitative estimate of drug-likeness (QED) is 0.808. The smallest absolute Gasteiger partial charge is 0.209 e. The summed E-state index contributed by atoms with van der Waals surface area (Å²) in [5.41, 5.74) is 2.00. The first-order valence-corrected chi connectivity index (χ1v) is 6.97. The molecule has 0 aliphatic carbocycles. The fraction of sp³-hybridized carbons (Fsp3) is 0.364. The normalized spacial score (nSPS) is 14.0. The molecule has 0 bridgehead atoms. The third-order valence-corrected chi connectivity index (χ3v) is 3.97. The van der Waals surface area contributed by atoms with E-state index in [2.05, 4.69) is 15.5 Å². The summed E-state index contributed by atoms with van der Waals surface area (Å²) in [6.45, 7) is 0.802. The fourth-order valence-corrected chi connectivity index (χ4v) is 2.93. The number of halogens is 1. The minimum Gasteiger partial charge on any atom is -0.467 e. The third kappa shape index (κ3) is 2.68. The van der Waals surface area contributed by atoms with Crippen LogP contribution in [0.25, 0.3) is 0 Å². The average Bonchev–Trinajstić information content (AvgIpc) is 2.81. The molecule has 1 aromatic carbocycles. The highest BCUT2D eigenvalue weighted by atomic mass is 35.5. The summed E-state index contributed by atoms with van der Waals surface area (Å²) in [6, 6.07) is 3.77. The van der Waals surface area contributed by atoms with Gasteiger partial charge >= 0.3 is 0 Å². The van der Waals surface area contributed by atoms with E-state index in [-0.39, 0.29) is 6.79 Å². The Morgan fingerprint density at radius 1 is 1.47 bits per heavy atom. The van der Waals surface area contributed by atoms with Crippen molar-refractivity contribution in [3.63, 3.8) is 0 Å². The van der Waals surface area contributed by atoms with Crippen molar-refractivity contribution < 1.29 is 9.47 Å². The second kappa shape index (κ2) is 5.36. The number of nitrogens with zero attached hydrogens (tertiary/aromatic N) is 4. The average molecular weight is 299 g/mol. The fourth-order valence-electron chi connectivity index (χ4n) is 1.85. The molecule has 8 heteroatoms. The van der Waals surface area contributed by atoms with Gasteiger partial charge in [0.25, 0.3) is 0 Å². The zero-order valence-electron chi connectivity index (χ0n) is 10.2. The maximum absolute atomic E-state index is 6.11. The highest BCUT2D eigenvalue weighted by molar-refractivity contribution is 7.98. The molecule has 0 fully saturated rings. The molecule has 2 aromatic rings. The van der Waals surface area contributed by atoms with Crippen LogP contribution in [0.2, 0.25) is 5.02 Å². The maximum atomic E-state index is 6.11. The Morgan fingerprint density at radius 2 is 2.37 bits per heavy atom.